The van der Waals surface area contributed by atoms with Crippen LogP contribution in [-0.4, -0.2) is 30.1 Å². The second kappa shape index (κ2) is 5.50. The zero-order chi connectivity index (χ0) is 12.2. The molecule has 0 aromatic rings. The van der Waals surface area contributed by atoms with Gasteiger partial charge in [0.2, 0.25) is 0 Å². The van der Waals surface area contributed by atoms with Crippen LogP contribution in [0.5, 0.6) is 0 Å². The van der Waals surface area contributed by atoms with Crippen LogP contribution in [0.4, 0.5) is 0 Å². The van der Waals surface area contributed by atoms with Crippen molar-refractivity contribution in [3.05, 3.63) is 0 Å². The van der Waals surface area contributed by atoms with Crippen LogP contribution in [0, 0.1) is 5.41 Å². The molecule has 2 heteroatoms. The minimum Gasteiger partial charge on any atom is -0.326 e. The lowest BCUT2D eigenvalue weighted by Gasteiger charge is -2.39. The molecule has 0 saturated carbocycles. The molecule has 1 heterocycles. The molecular formula is C14H30N2. The Kier molecular flexibility index (Phi) is 4.81. The summed E-state index contributed by atoms with van der Waals surface area (Å²) in [4.78, 5) is 2.61. The largest absolute Gasteiger partial charge is 0.326 e. The van der Waals surface area contributed by atoms with Crippen molar-refractivity contribution in [3.63, 3.8) is 0 Å². The average molecular weight is 226 g/mol. The number of hydrogen-bond donors (Lipinski definition) is 1. The molecule has 2 N–H and O–H groups in total. The van der Waals surface area contributed by atoms with Gasteiger partial charge in [0.1, 0.15) is 0 Å². The van der Waals surface area contributed by atoms with Gasteiger partial charge in [-0.15, -0.1) is 0 Å². The predicted octanol–water partition coefficient (Wildman–Crippen LogP) is 3.02. The molecule has 1 saturated heterocycles. The fourth-order valence-electron chi connectivity index (χ4n) is 2.43. The van der Waals surface area contributed by atoms with Crippen molar-refractivity contribution in [1.82, 2.24) is 4.90 Å². The molecule has 0 bridgehead atoms. The van der Waals surface area contributed by atoms with E-state index in [4.69, 9.17) is 5.73 Å². The van der Waals surface area contributed by atoms with Crippen LogP contribution >= 0.6 is 0 Å². The van der Waals surface area contributed by atoms with E-state index in [1.807, 2.05) is 0 Å². The van der Waals surface area contributed by atoms with Crippen molar-refractivity contribution < 1.29 is 0 Å². The third-order valence-electron chi connectivity index (χ3n) is 4.21. The zero-order valence-electron chi connectivity index (χ0n) is 11.7. The first-order chi connectivity index (χ1) is 7.35. The van der Waals surface area contributed by atoms with E-state index in [2.05, 4.69) is 32.6 Å². The lowest BCUT2D eigenvalue weighted by Crippen LogP contribution is -2.40. The number of rotatable bonds is 5. The highest BCUT2D eigenvalue weighted by Gasteiger charge is 2.27. The van der Waals surface area contributed by atoms with Crippen LogP contribution in [0.25, 0.3) is 0 Å². The summed E-state index contributed by atoms with van der Waals surface area (Å²) in [6.45, 7) is 12.8. The molecule has 96 valence electrons. The molecule has 2 nitrogen and oxygen atoms in total. The van der Waals surface area contributed by atoms with Crippen LogP contribution in [0.15, 0.2) is 0 Å². The maximum Gasteiger partial charge on any atom is 0.00975 e. The van der Waals surface area contributed by atoms with E-state index in [0.717, 1.165) is 6.42 Å². The number of piperidine rings is 1. The Morgan fingerprint density at radius 1 is 1.25 bits per heavy atom. The molecule has 0 aliphatic carbocycles. The molecule has 0 amide bonds. The molecule has 0 atom stereocenters. The fourth-order valence-corrected chi connectivity index (χ4v) is 2.43. The third kappa shape index (κ3) is 4.84. The van der Waals surface area contributed by atoms with Crippen molar-refractivity contribution in [1.29, 1.82) is 0 Å². The molecule has 1 aliphatic rings. The lowest BCUT2D eigenvalue weighted by atomic mass is 9.78. The van der Waals surface area contributed by atoms with Gasteiger partial charge in [0.25, 0.3) is 0 Å². The smallest absolute Gasteiger partial charge is 0.00975 e. The van der Waals surface area contributed by atoms with Gasteiger partial charge in [-0.05, 0) is 64.6 Å². The maximum absolute atomic E-state index is 6.00. The van der Waals surface area contributed by atoms with Gasteiger partial charge in [-0.1, -0.05) is 20.3 Å². The van der Waals surface area contributed by atoms with Crippen molar-refractivity contribution in [3.8, 4) is 0 Å². The first-order valence-electron chi connectivity index (χ1n) is 6.86. The first-order valence-corrected chi connectivity index (χ1v) is 6.86. The van der Waals surface area contributed by atoms with Crippen LogP contribution in [-0.2, 0) is 0 Å². The SMILES string of the molecule is CCC1(C)CCN(CCCC(C)(C)N)CC1. The maximum atomic E-state index is 6.00. The summed E-state index contributed by atoms with van der Waals surface area (Å²) in [5.74, 6) is 0. The van der Waals surface area contributed by atoms with Gasteiger partial charge in [0, 0.05) is 5.54 Å². The topological polar surface area (TPSA) is 29.3 Å². The van der Waals surface area contributed by atoms with Gasteiger partial charge < -0.3 is 10.6 Å². The van der Waals surface area contributed by atoms with E-state index >= 15 is 0 Å². The van der Waals surface area contributed by atoms with Crippen molar-refractivity contribution in [2.24, 2.45) is 11.1 Å². The monoisotopic (exact) mass is 226 g/mol. The van der Waals surface area contributed by atoms with E-state index in [9.17, 15) is 0 Å². The van der Waals surface area contributed by atoms with Crippen molar-refractivity contribution >= 4 is 0 Å². The highest BCUT2D eigenvalue weighted by Crippen LogP contribution is 2.33. The first kappa shape index (κ1) is 14.0. The van der Waals surface area contributed by atoms with E-state index in [-0.39, 0.29) is 5.54 Å². The Morgan fingerprint density at radius 2 is 1.81 bits per heavy atom. The number of nitrogens with two attached hydrogens (primary N) is 1. The Morgan fingerprint density at radius 3 is 2.25 bits per heavy atom. The summed E-state index contributed by atoms with van der Waals surface area (Å²) in [5.41, 5.74) is 6.62. The molecule has 1 fully saturated rings. The van der Waals surface area contributed by atoms with Gasteiger partial charge in [0.05, 0.1) is 0 Å². The third-order valence-corrected chi connectivity index (χ3v) is 4.21. The van der Waals surface area contributed by atoms with E-state index < -0.39 is 0 Å². The quantitative estimate of drug-likeness (QED) is 0.781. The molecular weight excluding hydrogens is 196 g/mol. The Balaban J connectivity index is 2.18. The Hall–Kier alpha value is -0.0800. The molecule has 0 unspecified atom stereocenters. The Labute approximate surface area is 102 Å². The standard InChI is InChI=1S/C14H30N2/c1-5-14(4)8-11-16(12-9-14)10-6-7-13(2,3)15/h5-12,15H2,1-4H3. The second-order valence-electron chi connectivity index (χ2n) is 6.60. The van der Waals surface area contributed by atoms with Gasteiger partial charge in [-0.2, -0.15) is 0 Å². The highest BCUT2D eigenvalue weighted by molar-refractivity contribution is 4.81. The molecule has 0 radical (unpaired) electrons. The number of nitrogens with zero attached hydrogens (tertiary/aromatic N) is 1. The summed E-state index contributed by atoms with van der Waals surface area (Å²) in [6.07, 6.45) is 6.45. The summed E-state index contributed by atoms with van der Waals surface area (Å²) >= 11 is 0. The molecule has 16 heavy (non-hydrogen) atoms. The van der Waals surface area contributed by atoms with Crippen LogP contribution in [0.3, 0.4) is 0 Å². The van der Waals surface area contributed by atoms with Gasteiger partial charge in [0.15, 0.2) is 0 Å². The second-order valence-corrected chi connectivity index (χ2v) is 6.60. The zero-order valence-corrected chi connectivity index (χ0v) is 11.7. The lowest BCUT2D eigenvalue weighted by molar-refractivity contribution is 0.112. The molecule has 0 aromatic carbocycles. The van der Waals surface area contributed by atoms with Gasteiger partial charge in [-0.25, -0.2) is 0 Å². The normalized spacial score (nSPS) is 22.3. The molecule has 0 spiro atoms. The van der Waals surface area contributed by atoms with Crippen molar-refractivity contribution in [2.45, 2.75) is 65.3 Å². The van der Waals surface area contributed by atoms with Crippen LogP contribution in [0.1, 0.15) is 59.8 Å². The Bertz CT molecular complexity index is 197. The fraction of sp³-hybridized carbons (Fsp3) is 1.00. The molecule has 0 aromatic heterocycles. The van der Waals surface area contributed by atoms with Crippen LogP contribution < -0.4 is 5.73 Å². The summed E-state index contributed by atoms with van der Waals surface area (Å²) in [6, 6.07) is 0. The van der Waals surface area contributed by atoms with Gasteiger partial charge in [-0.3, -0.25) is 0 Å². The summed E-state index contributed by atoms with van der Waals surface area (Å²) in [5, 5.41) is 0. The molecule has 1 rings (SSSR count). The van der Waals surface area contributed by atoms with E-state index in [1.54, 1.807) is 0 Å². The number of likely N-dealkylation sites (tertiary alicyclic amines) is 1. The number of hydrogen-bond acceptors (Lipinski definition) is 2. The highest BCUT2D eigenvalue weighted by atomic mass is 15.1. The minimum atomic E-state index is 0.00766. The predicted molar refractivity (Wildman–Crippen MR) is 71.6 cm³/mol. The van der Waals surface area contributed by atoms with E-state index in [0.29, 0.717) is 5.41 Å². The minimum absolute atomic E-state index is 0.00766. The van der Waals surface area contributed by atoms with Crippen molar-refractivity contribution in [2.75, 3.05) is 19.6 Å². The summed E-state index contributed by atoms with van der Waals surface area (Å²) in [7, 11) is 0. The summed E-state index contributed by atoms with van der Waals surface area (Å²) < 4.78 is 0. The average Bonchev–Trinajstić information content (AvgIpc) is 2.20. The molecule has 1 aliphatic heterocycles. The van der Waals surface area contributed by atoms with Gasteiger partial charge >= 0.3 is 0 Å². The van der Waals surface area contributed by atoms with Crippen LogP contribution in [0.2, 0.25) is 0 Å². The van der Waals surface area contributed by atoms with E-state index in [1.165, 1.54) is 45.3 Å².